The van der Waals surface area contributed by atoms with Gasteiger partial charge in [-0.05, 0) is 37.2 Å². The van der Waals surface area contributed by atoms with Crippen molar-refractivity contribution in [1.29, 1.82) is 0 Å². The predicted molar refractivity (Wildman–Crippen MR) is 68.4 cm³/mol. The zero-order valence-electron chi connectivity index (χ0n) is 10.4. The number of aryl methyl sites for hydroxylation is 1. The molecule has 18 heavy (non-hydrogen) atoms. The molecule has 0 heterocycles. The van der Waals surface area contributed by atoms with Gasteiger partial charge in [-0.15, -0.1) is 0 Å². The fraction of sp³-hybridized carbons (Fsp3) is 0.200. The number of hydrogen-bond donors (Lipinski definition) is 1. The van der Waals surface area contributed by atoms with Crippen molar-refractivity contribution >= 4 is 0 Å². The SMILES string of the molecule is CNC(c1ccc(C)c(F)c1)c1ccccc1F. The van der Waals surface area contributed by atoms with E-state index < -0.39 is 0 Å². The Kier molecular flexibility index (Phi) is 3.72. The van der Waals surface area contributed by atoms with E-state index in [0.29, 0.717) is 16.7 Å². The predicted octanol–water partition coefficient (Wildman–Crippen LogP) is 3.58. The minimum atomic E-state index is -0.346. The van der Waals surface area contributed by atoms with Crippen molar-refractivity contribution in [2.45, 2.75) is 13.0 Å². The molecule has 0 aromatic heterocycles. The molecule has 0 aliphatic rings. The molecule has 1 N–H and O–H groups in total. The Morgan fingerprint density at radius 2 is 1.72 bits per heavy atom. The number of hydrogen-bond acceptors (Lipinski definition) is 1. The zero-order chi connectivity index (χ0) is 13.1. The van der Waals surface area contributed by atoms with E-state index in [9.17, 15) is 8.78 Å². The van der Waals surface area contributed by atoms with Crippen molar-refractivity contribution in [1.82, 2.24) is 5.32 Å². The van der Waals surface area contributed by atoms with E-state index >= 15 is 0 Å². The van der Waals surface area contributed by atoms with Gasteiger partial charge in [0.15, 0.2) is 0 Å². The molecular formula is C15H15F2N. The number of nitrogens with one attached hydrogen (secondary N) is 1. The summed E-state index contributed by atoms with van der Waals surface area (Å²) in [5.74, 6) is -0.568. The van der Waals surface area contributed by atoms with Crippen LogP contribution in [0.4, 0.5) is 8.78 Å². The summed E-state index contributed by atoms with van der Waals surface area (Å²) < 4.78 is 27.3. The zero-order valence-corrected chi connectivity index (χ0v) is 10.4. The summed E-state index contributed by atoms with van der Waals surface area (Å²) in [6.07, 6.45) is 0. The smallest absolute Gasteiger partial charge is 0.128 e. The molecule has 94 valence electrons. The van der Waals surface area contributed by atoms with Gasteiger partial charge in [-0.1, -0.05) is 30.3 Å². The van der Waals surface area contributed by atoms with Crippen LogP contribution in [-0.2, 0) is 0 Å². The molecule has 2 aromatic rings. The van der Waals surface area contributed by atoms with E-state index in [1.807, 2.05) is 6.07 Å². The first-order valence-corrected chi connectivity index (χ1v) is 5.81. The molecule has 0 saturated carbocycles. The van der Waals surface area contributed by atoms with Crippen LogP contribution in [0.1, 0.15) is 22.7 Å². The Labute approximate surface area is 105 Å². The standard InChI is InChI=1S/C15H15F2N/c1-10-7-8-11(9-14(10)17)15(18-2)12-5-3-4-6-13(12)16/h3-9,15,18H,1-2H3. The summed E-state index contributed by atoms with van der Waals surface area (Å²) in [5, 5.41) is 3.02. The van der Waals surface area contributed by atoms with Crippen molar-refractivity contribution in [2.75, 3.05) is 7.05 Å². The lowest BCUT2D eigenvalue weighted by Crippen LogP contribution is -2.19. The highest BCUT2D eigenvalue weighted by molar-refractivity contribution is 5.34. The topological polar surface area (TPSA) is 12.0 Å². The summed E-state index contributed by atoms with van der Waals surface area (Å²) in [6.45, 7) is 1.70. The Bertz CT molecular complexity index is 552. The average Bonchev–Trinajstić information content (AvgIpc) is 2.37. The summed E-state index contributed by atoms with van der Waals surface area (Å²) in [4.78, 5) is 0. The summed E-state index contributed by atoms with van der Waals surface area (Å²) in [7, 11) is 1.73. The monoisotopic (exact) mass is 247 g/mol. The van der Waals surface area contributed by atoms with Crippen LogP contribution in [0.3, 0.4) is 0 Å². The Morgan fingerprint density at radius 3 is 2.33 bits per heavy atom. The minimum absolute atomic E-state index is 0.274. The van der Waals surface area contributed by atoms with Crippen molar-refractivity contribution in [3.05, 3.63) is 70.8 Å². The van der Waals surface area contributed by atoms with Crippen molar-refractivity contribution in [3.63, 3.8) is 0 Å². The van der Waals surface area contributed by atoms with E-state index in [1.165, 1.54) is 12.1 Å². The molecule has 2 rings (SSSR count). The minimum Gasteiger partial charge on any atom is -0.309 e. The van der Waals surface area contributed by atoms with Gasteiger partial charge >= 0.3 is 0 Å². The van der Waals surface area contributed by atoms with Crippen LogP contribution in [0.2, 0.25) is 0 Å². The lowest BCUT2D eigenvalue weighted by molar-refractivity contribution is 0.570. The maximum atomic E-state index is 13.8. The molecule has 1 atom stereocenters. The highest BCUT2D eigenvalue weighted by Gasteiger charge is 2.16. The maximum Gasteiger partial charge on any atom is 0.128 e. The normalized spacial score (nSPS) is 12.4. The Morgan fingerprint density at radius 1 is 1.00 bits per heavy atom. The van der Waals surface area contributed by atoms with Gasteiger partial charge in [0, 0.05) is 5.56 Å². The van der Waals surface area contributed by atoms with Crippen LogP contribution in [0, 0.1) is 18.6 Å². The fourth-order valence-corrected chi connectivity index (χ4v) is 2.00. The highest BCUT2D eigenvalue weighted by Crippen LogP contribution is 2.25. The largest absolute Gasteiger partial charge is 0.309 e. The van der Waals surface area contributed by atoms with Crippen LogP contribution in [0.5, 0.6) is 0 Å². The molecule has 0 bridgehead atoms. The number of halogens is 2. The molecule has 0 amide bonds. The molecule has 0 radical (unpaired) electrons. The number of benzene rings is 2. The van der Waals surface area contributed by atoms with Gasteiger partial charge in [0.05, 0.1) is 6.04 Å². The van der Waals surface area contributed by atoms with Crippen molar-refractivity contribution < 1.29 is 8.78 Å². The number of rotatable bonds is 3. The molecule has 0 saturated heterocycles. The molecule has 0 aliphatic heterocycles. The van der Waals surface area contributed by atoms with E-state index in [-0.39, 0.29) is 17.7 Å². The lowest BCUT2D eigenvalue weighted by atomic mass is 9.97. The molecule has 1 nitrogen and oxygen atoms in total. The van der Waals surface area contributed by atoms with Gasteiger partial charge in [-0.25, -0.2) is 8.78 Å². The van der Waals surface area contributed by atoms with Gasteiger partial charge in [0.2, 0.25) is 0 Å². The molecule has 0 fully saturated rings. The van der Waals surface area contributed by atoms with E-state index in [4.69, 9.17) is 0 Å². The van der Waals surface area contributed by atoms with Crippen LogP contribution >= 0.6 is 0 Å². The maximum absolute atomic E-state index is 13.8. The average molecular weight is 247 g/mol. The highest BCUT2D eigenvalue weighted by atomic mass is 19.1. The van der Waals surface area contributed by atoms with Crippen LogP contribution < -0.4 is 5.32 Å². The van der Waals surface area contributed by atoms with Crippen LogP contribution in [-0.4, -0.2) is 7.05 Å². The summed E-state index contributed by atoms with van der Waals surface area (Å²) >= 11 is 0. The third-order valence-corrected chi connectivity index (χ3v) is 3.03. The van der Waals surface area contributed by atoms with Gasteiger partial charge in [-0.3, -0.25) is 0 Å². The van der Waals surface area contributed by atoms with Gasteiger partial charge < -0.3 is 5.32 Å². The fourth-order valence-electron chi connectivity index (χ4n) is 2.00. The molecule has 2 aromatic carbocycles. The Hall–Kier alpha value is -1.74. The van der Waals surface area contributed by atoms with E-state index in [0.717, 1.165) is 0 Å². The van der Waals surface area contributed by atoms with Crippen LogP contribution in [0.25, 0.3) is 0 Å². The summed E-state index contributed by atoms with van der Waals surface area (Å²) in [6, 6.07) is 11.1. The van der Waals surface area contributed by atoms with E-state index in [1.54, 1.807) is 38.2 Å². The first-order chi connectivity index (χ1) is 8.63. The summed E-state index contributed by atoms with van der Waals surface area (Å²) in [5.41, 5.74) is 1.82. The van der Waals surface area contributed by atoms with Gasteiger partial charge in [0.1, 0.15) is 11.6 Å². The first-order valence-electron chi connectivity index (χ1n) is 5.81. The van der Waals surface area contributed by atoms with E-state index in [2.05, 4.69) is 5.32 Å². The second-order valence-electron chi connectivity index (χ2n) is 4.25. The van der Waals surface area contributed by atoms with Gasteiger partial charge in [-0.2, -0.15) is 0 Å². The van der Waals surface area contributed by atoms with Crippen molar-refractivity contribution in [2.24, 2.45) is 0 Å². The Balaban J connectivity index is 2.45. The van der Waals surface area contributed by atoms with Crippen molar-refractivity contribution in [3.8, 4) is 0 Å². The third-order valence-electron chi connectivity index (χ3n) is 3.03. The second kappa shape index (κ2) is 5.27. The molecule has 0 spiro atoms. The third kappa shape index (κ3) is 2.41. The molecule has 0 aliphatic carbocycles. The first kappa shape index (κ1) is 12.7. The quantitative estimate of drug-likeness (QED) is 0.874. The molecule has 1 unspecified atom stereocenters. The van der Waals surface area contributed by atoms with Crippen LogP contribution in [0.15, 0.2) is 42.5 Å². The van der Waals surface area contributed by atoms with Gasteiger partial charge in [0.25, 0.3) is 0 Å². The lowest BCUT2D eigenvalue weighted by Gasteiger charge is -2.18. The second-order valence-corrected chi connectivity index (χ2v) is 4.25. The molecule has 3 heteroatoms. The molecular weight excluding hydrogens is 232 g/mol.